The minimum Gasteiger partial charge on any atom is -0.480 e. The third-order valence-corrected chi connectivity index (χ3v) is 3.71. The summed E-state index contributed by atoms with van der Waals surface area (Å²) in [6.07, 6.45) is 0. The first kappa shape index (κ1) is 17.6. The SMILES string of the molecule is CC(=O)NCCN(C(=O)c1csc([N+](=O)[O-])c1)C(C)C(=O)O. The maximum Gasteiger partial charge on any atom is 0.326 e. The number of hydrogen-bond acceptors (Lipinski definition) is 6. The average molecular weight is 329 g/mol. The molecule has 0 radical (unpaired) electrons. The fraction of sp³-hybridized carbons (Fsp3) is 0.417. The van der Waals surface area contributed by atoms with Gasteiger partial charge in [-0.3, -0.25) is 19.7 Å². The molecule has 2 N–H and O–H groups in total. The predicted molar refractivity (Wildman–Crippen MR) is 77.8 cm³/mol. The first-order valence-corrected chi connectivity index (χ1v) is 7.13. The van der Waals surface area contributed by atoms with Crippen molar-refractivity contribution in [2.75, 3.05) is 13.1 Å². The van der Waals surface area contributed by atoms with Crippen molar-refractivity contribution in [2.45, 2.75) is 19.9 Å². The minimum atomic E-state index is -1.21. The standard InChI is InChI=1S/C12H15N3O6S/c1-7(12(18)19)14(4-3-13-8(2)16)11(17)9-5-10(15(20)21)22-6-9/h5-7H,3-4H2,1-2H3,(H,13,16)(H,18,19). The molecule has 1 aromatic rings. The highest BCUT2D eigenvalue weighted by atomic mass is 32.1. The van der Waals surface area contributed by atoms with Crippen LogP contribution in [0.4, 0.5) is 5.00 Å². The summed E-state index contributed by atoms with van der Waals surface area (Å²) >= 11 is 0.788. The Balaban J connectivity index is 2.92. The van der Waals surface area contributed by atoms with Gasteiger partial charge < -0.3 is 15.3 Å². The summed E-state index contributed by atoms with van der Waals surface area (Å²) in [5.41, 5.74) is 0.0487. The van der Waals surface area contributed by atoms with E-state index in [4.69, 9.17) is 5.11 Å². The van der Waals surface area contributed by atoms with Crippen molar-refractivity contribution in [2.24, 2.45) is 0 Å². The molecule has 1 unspecified atom stereocenters. The Morgan fingerprint density at radius 3 is 2.59 bits per heavy atom. The number of amides is 2. The quantitative estimate of drug-likeness (QED) is 0.559. The molecule has 0 aliphatic heterocycles. The number of carboxylic acid groups (broad SMARTS) is 1. The molecule has 1 rings (SSSR count). The predicted octanol–water partition coefficient (Wildman–Crippen LogP) is 0.708. The molecule has 0 saturated carbocycles. The summed E-state index contributed by atoms with van der Waals surface area (Å²) in [5, 5.41) is 23.3. The Labute approximate surface area is 129 Å². The Hall–Kier alpha value is -2.49. The lowest BCUT2D eigenvalue weighted by molar-refractivity contribution is -0.380. The van der Waals surface area contributed by atoms with Gasteiger partial charge in [0.15, 0.2) is 0 Å². The van der Waals surface area contributed by atoms with Crippen LogP contribution in [0, 0.1) is 10.1 Å². The van der Waals surface area contributed by atoms with Gasteiger partial charge in [-0.1, -0.05) is 11.3 Å². The number of carbonyl (C=O) groups is 3. The van der Waals surface area contributed by atoms with Gasteiger partial charge in [-0.05, 0) is 6.92 Å². The normalized spacial score (nSPS) is 11.5. The second kappa shape index (κ2) is 7.50. The number of nitrogens with one attached hydrogen (secondary N) is 1. The largest absolute Gasteiger partial charge is 0.480 e. The molecule has 9 nitrogen and oxygen atoms in total. The highest BCUT2D eigenvalue weighted by Gasteiger charge is 2.28. The minimum absolute atomic E-state index is 0.0183. The van der Waals surface area contributed by atoms with Crippen molar-refractivity contribution in [1.82, 2.24) is 10.2 Å². The molecule has 22 heavy (non-hydrogen) atoms. The van der Waals surface area contributed by atoms with Crippen LogP contribution in [-0.2, 0) is 9.59 Å². The second-order valence-corrected chi connectivity index (χ2v) is 5.32. The van der Waals surface area contributed by atoms with Gasteiger partial charge >= 0.3 is 11.0 Å². The van der Waals surface area contributed by atoms with E-state index in [0.29, 0.717) is 0 Å². The number of carboxylic acids is 1. The number of carbonyl (C=O) groups excluding carboxylic acids is 2. The monoisotopic (exact) mass is 329 g/mol. The van der Waals surface area contributed by atoms with Crippen LogP contribution in [0.5, 0.6) is 0 Å². The highest BCUT2D eigenvalue weighted by Crippen LogP contribution is 2.24. The lowest BCUT2D eigenvalue weighted by Crippen LogP contribution is -2.46. The molecule has 0 saturated heterocycles. The molecule has 1 atom stereocenters. The van der Waals surface area contributed by atoms with E-state index in [0.717, 1.165) is 22.3 Å². The lowest BCUT2D eigenvalue weighted by atomic mass is 10.2. The second-order valence-electron chi connectivity index (χ2n) is 4.43. The molecule has 0 bridgehead atoms. The molecule has 0 aliphatic carbocycles. The van der Waals surface area contributed by atoms with Gasteiger partial charge in [-0.15, -0.1) is 0 Å². The summed E-state index contributed by atoms with van der Waals surface area (Å²) in [5.74, 6) is -2.15. The van der Waals surface area contributed by atoms with E-state index >= 15 is 0 Å². The Morgan fingerprint density at radius 1 is 1.50 bits per heavy atom. The maximum absolute atomic E-state index is 12.3. The summed E-state index contributed by atoms with van der Waals surface area (Å²) in [7, 11) is 0. The van der Waals surface area contributed by atoms with Crippen molar-refractivity contribution < 1.29 is 24.4 Å². The van der Waals surface area contributed by atoms with Crippen LogP contribution in [0.1, 0.15) is 24.2 Å². The molecule has 120 valence electrons. The molecular weight excluding hydrogens is 314 g/mol. The summed E-state index contributed by atoms with van der Waals surface area (Å²) in [6.45, 7) is 2.70. The van der Waals surface area contributed by atoms with Gasteiger partial charge in [-0.2, -0.15) is 0 Å². The first-order chi connectivity index (χ1) is 10.2. The van der Waals surface area contributed by atoms with Crippen LogP contribution in [0.25, 0.3) is 0 Å². The first-order valence-electron chi connectivity index (χ1n) is 6.25. The summed E-state index contributed by atoms with van der Waals surface area (Å²) < 4.78 is 0. The third-order valence-electron chi connectivity index (χ3n) is 2.82. The number of aliphatic carboxylic acids is 1. The van der Waals surface area contributed by atoms with E-state index in [-0.39, 0.29) is 29.6 Å². The zero-order valence-electron chi connectivity index (χ0n) is 11.9. The van der Waals surface area contributed by atoms with Crippen molar-refractivity contribution in [3.05, 3.63) is 27.1 Å². The van der Waals surface area contributed by atoms with Gasteiger partial charge in [0.1, 0.15) is 6.04 Å². The fourth-order valence-corrected chi connectivity index (χ4v) is 2.35. The van der Waals surface area contributed by atoms with Crippen LogP contribution in [0.3, 0.4) is 0 Å². The van der Waals surface area contributed by atoms with Crippen LogP contribution < -0.4 is 5.32 Å². The van der Waals surface area contributed by atoms with Gasteiger partial charge in [0.05, 0.1) is 10.5 Å². The van der Waals surface area contributed by atoms with E-state index < -0.39 is 22.8 Å². The molecule has 2 amide bonds. The Morgan fingerprint density at radius 2 is 2.14 bits per heavy atom. The fourth-order valence-electron chi connectivity index (χ4n) is 1.66. The van der Waals surface area contributed by atoms with Gasteiger partial charge in [0.2, 0.25) is 5.91 Å². The van der Waals surface area contributed by atoms with E-state index in [9.17, 15) is 24.5 Å². The Bertz CT molecular complexity index is 599. The molecule has 0 aliphatic rings. The lowest BCUT2D eigenvalue weighted by Gasteiger charge is -2.26. The van der Waals surface area contributed by atoms with E-state index in [2.05, 4.69) is 5.32 Å². The highest BCUT2D eigenvalue weighted by molar-refractivity contribution is 7.13. The number of thiophene rings is 1. The molecule has 10 heteroatoms. The Kier molecular flexibility index (Phi) is 5.99. The van der Waals surface area contributed by atoms with E-state index in [1.807, 2.05) is 0 Å². The zero-order chi connectivity index (χ0) is 16.9. The smallest absolute Gasteiger partial charge is 0.326 e. The van der Waals surface area contributed by atoms with E-state index in [1.54, 1.807) is 0 Å². The molecule has 0 fully saturated rings. The zero-order valence-corrected chi connectivity index (χ0v) is 12.8. The average Bonchev–Trinajstić information content (AvgIpc) is 2.91. The van der Waals surface area contributed by atoms with Gasteiger partial charge in [-0.25, -0.2) is 4.79 Å². The van der Waals surface area contributed by atoms with Crippen LogP contribution in [0.15, 0.2) is 11.4 Å². The topological polar surface area (TPSA) is 130 Å². The number of nitrogens with zero attached hydrogens (tertiary/aromatic N) is 2. The molecule has 1 aromatic heterocycles. The van der Waals surface area contributed by atoms with Crippen molar-refractivity contribution in [3.8, 4) is 0 Å². The molecule has 0 aromatic carbocycles. The van der Waals surface area contributed by atoms with Crippen molar-refractivity contribution >= 4 is 34.1 Å². The van der Waals surface area contributed by atoms with Crippen molar-refractivity contribution in [3.63, 3.8) is 0 Å². The van der Waals surface area contributed by atoms with Crippen LogP contribution in [-0.4, -0.2) is 51.8 Å². The van der Waals surface area contributed by atoms with Crippen LogP contribution >= 0.6 is 11.3 Å². The third kappa shape index (κ3) is 4.52. The van der Waals surface area contributed by atoms with Crippen LogP contribution in [0.2, 0.25) is 0 Å². The summed E-state index contributed by atoms with van der Waals surface area (Å²) in [6, 6.07) is -0.0207. The van der Waals surface area contributed by atoms with E-state index in [1.165, 1.54) is 19.2 Å². The van der Waals surface area contributed by atoms with Gasteiger partial charge in [0.25, 0.3) is 5.91 Å². The molecule has 1 heterocycles. The van der Waals surface area contributed by atoms with Gasteiger partial charge in [0, 0.05) is 31.5 Å². The number of nitro groups is 1. The van der Waals surface area contributed by atoms with Crippen molar-refractivity contribution in [1.29, 1.82) is 0 Å². The molecule has 0 spiro atoms. The summed E-state index contributed by atoms with van der Waals surface area (Å²) in [4.78, 5) is 45.3. The maximum atomic E-state index is 12.3. The number of hydrogen-bond donors (Lipinski definition) is 2. The molecular formula is C12H15N3O6S. The number of rotatable bonds is 7.